The van der Waals surface area contributed by atoms with E-state index in [0.29, 0.717) is 12.2 Å². The number of ketones is 1. The fraction of sp³-hybridized carbons (Fsp3) is 0.857. The number of hydrogen-bond donors (Lipinski definition) is 1. The number of ether oxygens (including phenoxy) is 1. The van der Waals surface area contributed by atoms with Crippen LogP contribution in [0.3, 0.4) is 0 Å². The summed E-state index contributed by atoms with van der Waals surface area (Å²) in [5, 5.41) is 2.87. The lowest BCUT2D eigenvalue weighted by molar-refractivity contribution is -0.123. The Balaban J connectivity index is 2.43. The molecule has 0 spiro atoms. The van der Waals surface area contributed by atoms with Crippen LogP contribution in [0.15, 0.2) is 0 Å². The summed E-state index contributed by atoms with van der Waals surface area (Å²) in [6, 6.07) is 0.0779. The third-order valence-corrected chi connectivity index (χ3v) is 3.20. The maximum absolute atomic E-state index is 11.7. The van der Waals surface area contributed by atoms with Crippen LogP contribution in [0.1, 0.15) is 59.8 Å². The molecule has 0 saturated heterocycles. The quantitative estimate of drug-likeness (QED) is 0.843. The second-order valence-electron chi connectivity index (χ2n) is 6.03. The molecule has 0 aliphatic heterocycles. The van der Waals surface area contributed by atoms with E-state index < -0.39 is 5.60 Å². The van der Waals surface area contributed by atoms with Gasteiger partial charge in [-0.3, -0.25) is 4.79 Å². The fourth-order valence-electron chi connectivity index (χ4n) is 2.38. The lowest BCUT2D eigenvalue weighted by atomic mass is 9.82. The highest BCUT2D eigenvalue weighted by Gasteiger charge is 2.28. The lowest BCUT2D eigenvalue weighted by Crippen LogP contribution is -2.42. The highest BCUT2D eigenvalue weighted by Crippen LogP contribution is 2.26. The van der Waals surface area contributed by atoms with E-state index in [4.69, 9.17) is 4.74 Å². The topological polar surface area (TPSA) is 55.4 Å². The van der Waals surface area contributed by atoms with E-state index in [0.717, 1.165) is 25.7 Å². The molecule has 1 fully saturated rings. The molecule has 1 aliphatic rings. The highest BCUT2D eigenvalue weighted by atomic mass is 16.6. The van der Waals surface area contributed by atoms with Crippen molar-refractivity contribution in [3.63, 3.8) is 0 Å². The van der Waals surface area contributed by atoms with Gasteiger partial charge in [0.05, 0.1) is 0 Å². The van der Waals surface area contributed by atoms with Gasteiger partial charge in [-0.1, -0.05) is 13.3 Å². The summed E-state index contributed by atoms with van der Waals surface area (Å²) < 4.78 is 5.23. The number of carbonyl (C=O) groups is 2. The van der Waals surface area contributed by atoms with Gasteiger partial charge in [0.25, 0.3) is 0 Å². The van der Waals surface area contributed by atoms with Crippen LogP contribution >= 0.6 is 0 Å². The average molecular weight is 255 g/mol. The predicted octanol–water partition coefficient (Wildman–Crippen LogP) is 3.05. The molecule has 0 heterocycles. The molecular formula is C14H25NO3. The number of amides is 1. The van der Waals surface area contributed by atoms with Crippen molar-refractivity contribution in [2.24, 2.45) is 5.92 Å². The van der Waals surface area contributed by atoms with Crippen molar-refractivity contribution in [3.8, 4) is 0 Å². The summed E-state index contributed by atoms with van der Waals surface area (Å²) in [4.78, 5) is 23.3. The van der Waals surface area contributed by atoms with Crippen LogP contribution in [0.25, 0.3) is 0 Å². The largest absolute Gasteiger partial charge is 0.444 e. The molecule has 1 rings (SSSR count). The average Bonchev–Trinajstić information content (AvgIpc) is 2.25. The second-order valence-corrected chi connectivity index (χ2v) is 6.03. The van der Waals surface area contributed by atoms with Crippen molar-refractivity contribution < 1.29 is 14.3 Å². The van der Waals surface area contributed by atoms with Gasteiger partial charge >= 0.3 is 6.09 Å². The van der Waals surface area contributed by atoms with E-state index in [-0.39, 0.29) is 18.1 Å². The van der Waals surface area contributed by atoms with Gasteiger partial charge in [-0.05, 0) is 40.0 Å². The van der Waals surface area contributed by atoms with Gasteiger partial charge in [0.1, 0.15) is 11.4 Å². The highest BCUT2D eigenvalue weighted by molar-refractivity contribution is 5.80. The van der Waals surface area contributed by atoms with Crippen LogP contribution in [-0.4, -0.2) is 23.5 Å². The Morgan fingerprint density at radius 1 is 1.28 bits per heavy atom. The monoisotopic (exact) mass is 255 g/mol. The van der Waals surface area contributed by atoms with Crippen LogP contribution in [0, 0.1) is 5.92 Å². The van der Waals surface area contributed by atoms with Crippen molar-refractivity contribution in [2.45, 2.75) is 71.4 Å². The normalized spacial score (nSPS) is 24.4. The Kier molecular flexibility index (Phi) is 5.17. The molecule has 18 heavy (non-hydrogen) atoms. The van der Waals surface area contributed by atoms with Crippen LogP contribution in [0.4, 0.5) is 4.79 Å². The Hall–Kier alpha value is -1.06. The van der Waals surface area contributed by atoms with Gasteiger partial charge in [0.2, 0.25) is 0 Å². The van der Waals surface area contributed by atoms with E-state index in [1.165, 1.54) is 0 Å². The van der Waals surface area contributed by atoms with Crippen LogP contribution in [0.5, 0.6) is 0 Å². The molecule has 0 aromatic rings. The maximum Gasteiger partial charge on any atom is 0.407 e. The summed E-state index contributed by atoms with van der Waals surface area (Å²) in [6.45, 7) is 7.43. The van der Waals surface area contributed by atoms with Crippen molar-refractivity contribution in [1.29, 1.82) is 0 Å². The molecule has 1 saturated carbocycles. The van der Waals surface area contributed by atoms with Gasteiger partial charge < -0.3 is 10.1 Å². The summed E-state index contributed by atoms with van der Waals surface area (Å²) in [7, 11) is 0. The number of rotatable bonds is 3. The molecule has 4 nitrogen and oxygen atoms in total. The van der Waals surface area contributed by atoms with E-state index in [9.17, 15) is 9.59 Å². The van der Waals surface area contributed by atoms with Crippen LogP contribution in [0.2, 0.25) is 0 Å². The molecule has 104 valence electrons. The van der Waals surface area contributed by atoms with Gasteiger partial charge in [-0.25, -0.2) is 4.79 Å². The van der Waals surface area contributed by atoms with Crippen molar-refractivity contribution >= 4 is 11.9 Å². The first-order valence-electron chi connectivity index (χ1n) is 6.84. The maximum atomic E-state index is 11.7. The molecule has 1 amide bonds. The number of Topliss-reactive ketones (excluding diaryl/α,β-unsaturated/α-hetero) is 1. The molecule has 0 radical (unpaired) electrons. The first-order valence-corrected chi connectivity index (χ1v) is 6.84. The number of alkyl carbamates (subject to hydrolysis) is 1. The van der Waals surface area contributed by atoms with Crippen molar-refractivity contribution in [1.82, 2.24) is 5.32 Å². The Morgan fingerprint density at radius 3 is 2.50 bits per heavy atom. The Morgan fingerprint density at radius 2 is 1.94 bits per heavy atom. The molecule has 0 unspecified atom stereocenters. The van der Waals surface area contributed by atoms with Crippen molar-refractivity contribution in [2.75, 3.05) is 0 Å². The standard InChI is InChI=1S/C14H25NO3/c1-5-12(16)10-7-6-8-11(9-10)15-13(17)18-14(2,3)4/h10-11H,5-9H2,1-4H3,(H,15,17)/t10-,11-/m1/s1. The Bertz CT molecular complexity index is 307. The van der Waals surface area contributed by atoms with Crippen LogP contribution < -0.4 is 5.32 Å². The SMILES string of the molecule is CCC(=O)[C@@H]1CCC[C@@H](NC(=O)OC(C)(C)C)C1. The number of nitrogens with one attached hydrogen (secondary N) is 1. The minimum Gasteiger partial charge on any atom is -0.444 e. The first kappa shape index (κ1) is 15.0. The third-order valence-electron chi connectivity index (χ3n) is 3.20. The summed E-state index contributed by atoms with van der Waals surface area (Å²) >= 11 is 0. The van der Waals surface area contributed by atoms with E-state index in [2.05, 4.69) is 5.32 Å². The molecule has 2 atom stereocenters. The fourth-order valence-corrected chi connectivity index (χ4v) is 2.38. The minimum atomic E-state index is -0.475. The van der Waals surface area contributed by atoms with E-state index in [1.807, 2.05) is 27.7 Å². The van der Waals surface area contributed by atoms with Crippen LogP contribution in [-0.2, 0) is 9.53 Å². The molecule has 0 bridgehead atoms. The van der Waals surface area contributed by atoms with Gasteiger partial charge in [-0.2, -0.15) is 0 Å². The third kappa shape index (κ3) is 5.07. The molecule has 1 N–H and O–H groups in total. The van der Waals surface area contributed by atoms with Gasteiger partial charge in [-0.15, -0.1) is 0 Å². The zero-order valence-electron chi connectivity index (χ0n) is 11.9. The number of hydrogen-bond acceptors (Lipinski definition) is 3. The van der Waals surface area contributed by atoms with Gasteiger partial charge in [0.15, 0.2) is 0 Å². The zero-order chi connectivity index (χ0) is 13.8. The molecule has 0 aromatic heterocycles. The smallest absolute Gasteiger partial charge is 0.407 e. The Labute approximate surface area is 109 Å². The molecule has 1 aliphatic carbocycles. The van der Waals surface area contributed by atoms with Crippen molar-refractivity contribution in [3.05, 3.63) is 0 Å². The van der Waals surface area contributed by atoms with Gasteiger partial charge in [0, 0.05) is 18.4 Å². The minimum absolute atomic E-state index is 0.0779. The predicted molar refractivity (Wildman–Crippen MR) is 70.4 cm³/mol. The lowest BCUT2D eigenvalue weighted by Gasteiger charge is -2.29. The zero-order valence-corrected chi connectivity index (χ0v) is 11.9. The number of carbonyl (C=O) groups excluding carboxylic acids is 2. The first-order chi connectivity index (χ1) is 8.31. The molecule has 0 aromatic carbocycles. The molecular weight excluding hydrogens is 230 g/mol. The summed E-state index contributed by atoms with van der Waals surface area (Å²) in [6.07, 6.45) is 3.86. The second kappa shape index (κ2) is 6.21. The summed E-state index contributed by atoms with van der Waals surface area (Å²) in [5.41, 5.74) is -0.475. The molecule has 4 heteroatoms. The van der Waals surface area contributed by atoms with E-state index >= 15 is 0 Å². The summed E-state index contributed by atoms with van der Waals surface area (Å²) in [5.74, 6) is 0.425. The van der Waals surface area contributed by atoms with E-state index in [1.54, 1.807) is 0 Å².